The number of hydrogen-bond acceptors (Lipinski definition) is 3. The van der Waals surface area contributed by atoms with Gasteiger partial charge in [-0.05, 0) is 56.7 Å². The van der Waals surface area contributed by atoms with Gasteiger partial charge in [-0.3, -0.25) is 9.59 Å². The Balaban J connectivity index is 1.82. The Morgan fingerprint density at radius 2 is 1.78 bits per heavy atom. The Kier molecular flexibility index (Phi) is 3.12. The smallest absolute Gasteiger partial charge is 0.154 e. The van der Waals surface area contributed by atoms with Crippen molar-refractivity contribution in [2.45, 2.75) is 64.6 Å². The Labute approximate surface area is 137 Å². The average molecular weight is 312 g/mol. The Hall–Kier alpha value is -1.48. The van der Waals surface area contributed by atoms with Crippen molar-refractivity contribution in [1.29, 1.82) is 0 Å². The molecule has 3 aliphatic rings. The second-order valence-electron chi connectivity index (χ2n) is 7.67. The zero-order valence-electron chi connectivity index (χ0n) is 14.3. The van der Waals surface area contributed by atoms with Crippen molar-refractivity contribution in [2.75, 3.05) is 0 Å². The minimum absolute atomic E-state index is 0.0348. The molecular formula is C20H24O3. The van der Waals surface area contributed by atoms with Crippen molar-refractivity contribution in [1.82, 2.24) is 0 Å². The molecule has 2 saturated heterocycles. The second-order valence-corrected chi connectivity index (χ2v) is 7.67. The summed E-state index contributed by atoms with van der Waals surface area (Å²) in [5.41, 5.74) is 3.88. The predicted octanol–water partition coefficient (Wildman–Crippen LogP) is 3.42. The Morgan fingerprint density at radius 3 is 2.39 bits per heavy atom. The molecule has 4 rings (SSSR count). The molecular weight excluding hydrogens is 288 g/mol. The molecule has 3 nitrogen and oxygen atoms in total. The molecule has 0 N–H and O–H groups in total. The van der Waals surface area contributed by atoms with Gasteiger partial charge in [0, 0.05) is 0 Å². The summed E-state index contributed by atoms with van der Waals surface area (Å²) in [6, 6.07) is 4.16. The molecule has 0 radical (unpaired) electrons. The van der Waals surface area contributed by atoms with E-state index in [0.717, 1.165) is 36.0 Å². The summed E-state index contributed by atoms with van der Waals surface area (Å²) >= 11 is 0. The van der Waals surface area contributed by atoms with Crippen LogP contribution in [0, 0.1) is 32.6 Å². The molecule has 122 valence electrons. The number of Topliss-reactive ketones (excluding diaryl/α,β-unsaturated/α-hetero) is 2. The van der Waals surface area contributed by atoms with E-state index in [1.165, 1.54) is 5.56 Å². The molecule has 23 heavy (non-hydrogen) atoms. The Morgan fingerprint density at radius 1 is 1.13 bits per heavy atom. The topological polar surface area (TPSA) is 43.4 Å². The van der Waals surface area contributed by atoms with E-state index in [1.54, 1.807) is 0 Å². The van der Waals surface area contributed by atoms with E-state index in [2.05, 4.69) is 26.0 Å². The predicted molar refractivity (Wildman–Crippen MR) is 87.5 cm³/mol. The SMILES string of the molecule is CC[C@]12CC[C@H](O1)[C@@H]1C(=O)C(c3c(C)cc(C)cc3C)C(=O)[C@@H]12. The standard InChI is InChI=1S/C20H24O3/c1-5-20-7-6-13(23-20)15-17(20)19(22)16(18(15)21)14-11(3)8-10(2)9-12(14)4/h8-9,13,15-17H,5-7H2,1-4H3/t13-,15-,16?,17+,20+/m0/s1. The summed E-state index contributed by atoms with van der Waals surface area (Å²) in [6.07, 6.45) is 2.63. The molecule has 2 aliphatic heterocycles. The number of benzene rings is 1. The van der Waals surface area contributed by atoms with Crippen molar-refractivity contribution >= 4 is 11.6 Å². The lowest BCUT2D eigenvalue weighted by Crippen LogP contribution is -2.39. The number of carbonyl (C=O) groups is 2. The number of fused-ring (bicyclic) bond motifs is 5. The van der Waals surface area contributed by atoms with E-state index in [1.807, 2.05) is 13.8 Å². The first-order valence-corrected chi connectivity index (χ1v) is 8.72. The van der Waals surface area contributed by atoms with Crippen molar-refractivity contribution in [2.24, 2.45) is 11.8 Å². The van der Waals surface area contributed by atoms with Gasteiger partial charge >= 0.3 is 0 Å². The number of ether oxygens (including phenoxy) is 1. The maximum absolute atomic E-state index is 13.2. The van der Waals surface area contributed by atoms with Gasteiger partial charge in [-0.15, -0.1) is 0 Å². The van der Waals surface area contributed by atoms with Crippen LogP contribution >= 0.6 is 0 Å². The van der Waals surface area contributed by atoms with Gasteiger partial charge in [0.05, 0.1) is 23.5 Å². The average Bonchev–Trinajstić information content (AvgIpc) is 3.12. The van der Waals surface area contributed by atoms with E-state index in [4.69, 9.17) is 4.74 Å². The molecule has 0 spiro atoms. The van der Waals surface area contributed by atoms with Gasteiger partial charge in [0.25, 0.3) is 0 Å². The highest BCUT2D eigenvalue weighted by Crippen LogP contribution is 2.59. The van der Waals surface area contributed by atoms with Crippen LogP contribution in [0.1, 0.15) is 54.4 Å². The van der Waals surface area contributed by atoms with E-state index < -0.39 is 5.92 Å². The number of carbonyl (C=O) groups excluding carboxylic acids is 2. The third kappa shape index (κ3) is 1.80. The minimum Gasteiger partial charge on any atom is -0.370 e. The third-order valence-electron chi connectivity index (χ3n) is 6.39. The van der Waals surface area contributed by atoms with Gasteiger partial charge in [0.15, 0.2) is 11.6 Å². The van der Waals surface area contributed by atoms with Gasteiger partial charge in [-0.2, -0.15) is 0 Å². The van der Waals surface area contributed by atoms with Gasteiger partial charge in [-0.25, -0.2) is 0 Å². The fraction of sp³-hybridized carbons (Fsp3) is 0.600. The molecule has 0 aromatic heterocycles. The van der Waals surface area contributed by atoms with E-state index in [0.29, 0.717) is 0 Å². The lowest BCUT2D eigenvalue weighted by atomic mass is 9.72. The molecule has 2 bridgehead atoms. The van der Waals surface area contributed by atoms with Crippen molar-refractivity contribution < 1.29 is 14.3 Å². The lowest BCUT2D eigenvalue weighted by Gasteiger charge is -2.30. The van der Waals surface area contributed by atoms with Crippen molar-refractivity contribution in [3.05, 3.63) is 34.4 Å². The summed E-state index contributed by atoms with van der Waals surface area (Å²) in [5, 5.41) is 0. The molecule has 3 heteroatoms. The summed E-state index contributed by atoms with van der Waals surface area (Å²) in [5.74, 6) is -0.777. The molecule has 1 unspecified atom stereocenters. The summed E-state index contributed by atoms with van der Waals surface area (Å²) in [7, 11) is 0. The summed E-state index contributed by atoms with van der Waals surface area (Å²) in [6.45, 7) is 8.17. The summed E-state index contributed by atoms with van der Waals surface area (Å²) < 4.78 is 6.14. The van der Waals surface area contributed by atoms with Crippen LogP contribution in [0.15, 0.2) is 12.1 Å². The van der Waals surface area contributed by atoms with Crippen LogP contribution in [0.4, 0.5) is 0 Å². The van der Waals surface area contributed by atoms with Crippen molar-refractivity contribution in [3.63, 3.8) is 0 Å². The third-order valence-corrected chi connectivity index (χ3v) is 6.39. The molecule has 1 aliphatic carbocycles. The normalized spacial score (nSPS) is 38.4. The minimum atomic E-state index is -0.568. The van der Waals surface area contributed by atoms with Gasteiger partial charge in [0.2, 0.25) is 0 Å². The number of ketones is 2. The van der Waals surface area contributed by atoms with Gasteiger partial charge in [-0.1, -0.05) is 24.6 Å². The van der Waals surface area contributed by atoms with Crippen LogP contribution in [0.25, 0.3) is 0 Å². The zero-order chi connectivity index (χ0) is 16.5. The van der Waals surface area contributed by atoms with Crippen LogP contribution in [-0.2, 0) is 14.3 Å². The summed E-state index contributed by atoms with van der Waals surface area (Å²) in [4.78, 5) is 26.4. The van der Waals surface area contributed by atoms with E-state index >= 15 is 0 Å². The van der Waals surface area contributed by atoms with Crippen LogP contribution in [0.3, 0.4) is 0 Å². The molecule has 5 atom stereocenters. The van der Waals surface area contributed by atoms with E-state index in [9.17, 15) is 9.59 Å². The molecule has 2 heterocycles. The fourth-order valence-electron chi connectivity index (χ4n) is 5.54. The zero-order valence-corrected chi connectivity index (χ0v) is 14.3. The quantitative estimate of drug-likeness (QED) is 0.786. The maximum Gasteiger partial charge on any atom is 0.154 e. The molecule has 3 fully saturated rings. The van der Waals surface area contributed by atoms with Crippen LogP contribution < -0.4 is 0 Å². The monoisotopic (exact) mass is 312 g/mol. The lowest BCUT2D eigenvalue weighted by molar-refractivity contribution is -0.130. The number of hydrogen-bond donors (Lipinski definition) is 0. The highest BCUT2D eigenvalue weighted by molar-refractivity contribution is 6.17. The van der Waals surface area contributed by atoms with Crippen molar-refractivity contribution in [3.8, 4) is 0 Å². The number of aryl methyl sites for hydroxylation is 3. The van der Waals surface area contributed by atoms with Gasteiger partial charge < -0.3 is 4.74 Å². The maximum atomic E-state index is 13.2. The van der Waals surface area contributed by atoms with Crippen LogP contribution in [-0.4, -0.2) is 23.3 Å². The molecule has 1 aromatic rings. The Bertz CT molecular complexity index is 697. The van der Waals surface area contributed by atoms with Crippen LogP contribution in [0.5, 0.6) is 0 Å². The number of rotatable bonds is 2. The first-order valence-electron chi connectivity index (χ1n) is 8.72. The first-order chi connectivity index (χ1) is 10.9. The fourth-order valence-corrected chi connectivity index (χ4v) is 5.54. The largest absolute Gasteiger partial charge is 0.370 e. The van der Waals surface area contributed by atoms with E-state index in [-0.39, 0.29) is 35.1 Å². The molecule has 1 saturated carbocycles. The molecule has 0 amide bonds. The van der Waals surface area contributed by atoms with Gasteiger partial charge in [0.1, 0.15) is 5.92 Å². The molecule has 1 aromatic carbocycles. The highest BCUT2D eigenvalue weighted by atomic mass is 16.5. The first kappa shape index (κ1) is 15.1. The second kappa shape index (κ2) is 4.76. The van der Waals surface area contributed by atoms with Crippen LogP contribution in [0.2, 0.25) is 0 Å². The highest BCUT2D eigenvalue weighted by Gasteiger charge is 2.68.